The maximum atomic E-state index is 12.0. The molecule has 0 saturated heterocycles. The molecule has 0 aromatic heterocycles. The number of rotatable bonds is 6. The molecule has 1 fully saturated rings. The second-order valence-electron chi connectivity index (χ2n) is 5.64. The van der Waals surface area contributed by atoms with Crippen molar-refractivity contribution >= 4 is 5.91 Å². The van der Waals surface area contributed by atoms with Crippen LogP contribution in [0.1, 0.15) is 40.0 Å². The summed E-state index contributed by atoms with van der Waals surface area (Å²) < 4.78 is 5.42. The van der Waals surface area contributed by atoms with Gasteiger partial charge in [0.25, 0.3) is 0 Å². The van der Waals surface area contributed by atoms with Crippen molar-refractivity contribution in [2.45, 2.75) is 46.1 Å². The van der Waals surface area contributed by atoms with Crippen molar-refractivity contribution in [1.82, 2.24) is 5.32 Å². The van der Waals surface area contributed by atoms with Crippen molar-refractivity contribution in [3.8, 4) is 0 Å². The lowest BCUT2D eigenvalue weighted by Gasteiger charge is -2.27. The molecule has 3 N–H and O–H groups in total. The van der Waals surface area contributed by atoms with Gasteiger partial charge in [0, 0.05) is 19.2 Å². The Kier molecular flexibility index (Phi) is 5.40. The summed E-state index contributed by atoms with van der Waals surface area (Å²) >= 11 is 0. The van der Waals surface area contributed by atoms with Crippen LogP contribution in [0.5, 0.6) is 0 Å². The van der Waals surface area contributed by atoms with Crippen molar-refractivity contribution in [3.63, 3.8) is 0 Å². The van der Waals surface area contributed by atoms with Crippen LogP contribution in [0, 0.1) is 11.3 Å². The predicted octanol–water partition coefficient (Wildman–Crippen LogP) is 1.29. The third-order valence-corrected chi connectivity index (χ3v) is 3.53. The van der Waals surface area contributed by atoms with Gasteiger partial charge in [-0.25, -0.2) is 0 Å². The Morgan fingerprint density at radius 3 is 2.82 bits per heavy atom. The molecular weight excluding hydrogens is 216 g/mol. The molecule has 0 radical (unpaired) electrons. The average molecular weight is 242 g/mol. The number of amides is 1. The van der Waals surface area contributed by atoms with Gasteiger partial charge in [-0.15, -0.1) is 0 Å². The normalized spacial score (nSPS) is 28.6. The Labute approximate surface area is 104 Å². The Morgan fingerprint density at radius 1 is 1.59 bits per heavy atom. The fourth-order valence-electron chi connectivity index (χ4n) is 2.23. The van der Waals surface area contributed by atoms with Crippen LogP contribution in [0.4, 0.5) is 0 Å². The highest BCUT2D eigenvalue weighted by atomic mass is 16.5. The average Bonchev–Trinajstić information content (AvgIpc) is 2.59. The van der Waals surface area contributed by atoms with Crippen LogP contribution in [0.25, 0.3) is 0 Å². The van der Waals surface area contributed by atoms with Gasteiger partial charge in [0.15, 0.2) is 0 Å². The molecule has 0 spiro atoms. The number of carbonyl (C=O) groups excluding carboxylic acids is 1. The van der Waals surface area contributed by atoms with Crippen molar-refractivity contribution in [2.75, 3.05) is 19.8 Å². The smallest absolute Gasteiger partial charge is 0.227 e. The lowest BCUT2D eigenvalue weighted by Crippen LogP contribution is -2.48. The fourth-order valence-corrected chi connectivity index (χ4v) is 2.23. The number of nitrogens with two attached hydrogens (primary N) is 1. The molecule has 0 aromatic rings. The van der Waals surface area contributed by atoms with Crippen LogP contribution in [0.3, 0.4) is 0 Å². The minimum absolute atomic E-state index is 0.000850. The SMILES string of the molecule is CC(C)COCCNC(=O)C1(C)CCCC1N. The summed E-state index contributed by atoms with van der Waals surface area (Å²) in [5.74, 6) is 0.613. The Balaban J connectivity index is 2.21. The molecule has 2 atom stereocenters. The number of hydrogen-bond acceptors (Lipinski definition) is 3. The van der Waals surface area contributed by atoms with E-state index in [4.69, 9.17) is 10.5 Å². The third-order valence-electron chi connectivity index (χ3n) is 3.53. The quantitative estimate of drug-likeness (QED) is 0.690. The first-order chi connectivity index (χ1) is 7.97. The molecule has 1 rings (SSSR count). The first-order valence-electron chi connectivity index (χ1n) is 6.58. The summed E-state index contributed by atoms with van der Waals surface area (Å²) in [4.78, 5) is 12.0. The second kappa shape index (κ2) is 6.36. The van der Waals surface area contributed by atoms with Crippen molar-refractivity contribution in [3.05, 3.63) is 0 Å². The van der Waals surface area contributed by atoms with Gasteiger partial charge in [-0.1, -0.05) is 20.3 Å². The number of hydrogen-bond donors (Lipinski definition) is 2. The van der Waals surface area contributed by atoms with Gasteiger partial charge in [0.05, 0.1) is 12.0 Å². The topological polar surface area (TPSA) is 64.3 Å². The molecular formula is C13H26N2O2. The largest absolute Gasteiger partial charge is 0.379 e. The summed E-state index contributed by atoms with van der Waals surface area (Å²) in [5, 5.41) is 2.93. The van der Waals surface area contributed by atoms with E-state index in [9.17, 15) is 4.79 Å². The summed E-state index contributed by atoms with van der Waals surface area (Å²) in [5.41, 5.74) is 5.62. The summed E-state index contributed by atoms with van der Waals surface area (Å²) in [6.45, 7) is 8.08. The van der Waals surface area contributed by atoms with E-state index in [1.807, 2.05) is 6.92 Å². The Morgan fingerprint density at radius 2 is 2.29 bits per heavy atom. The zero-order valence-corrected chi connectivity index (χ0v) is 11.3. The van der Waals surface area contributed by atoms with E-state index in [1.54, 1.807) is 0 Å². The van der Waals surface area contributed by atoms with Crippen LogP contribution >= 0.6 is 0 Å². The molecule has 4 nitrogen and oxygen atoms in total. The maximum Gasteiger partial charge on any atom is 0.227 e. The number of ether oxygens (including phenoxy) is 1. The van der Waals surface area contributed by atoms with Crippen molar-refractivity contribution in [1.29, 1.82) is 0 Å². The molecule has 17 heavy (non-hydrogen) atoms. The lowest BCUT2D eigenvalue weighted by atomic mass is 9.84. The zero-order valence-electron chi connectivity index (χ0n) is 11.3. The maximum absolute atomic E-state index is 12.0. The van der Waals surface area contributed by atoms with Crippen molar-refractivity contribution < 1.29 is 9.53 Å². The monoisotopic (exact) mass is 242 g/mol. The van der Waals surface area contributed by atoms with E-state index in [2.05, 4.69) is 19.2 Å². The van der Waals surface area contributed by atoms with E-state index in [1.165, 1.54) is 0 Å². The van der Waals surface area contributed by atoms with Gasteiger partial charge in [-0.3, -0.25) is 4.79 Å². The van der Waals surface area contributed by atoms with Crippen LogP contribution in [-0.4, -0.2) is 31.7 Å². The first kappa shape index (κ1) is 14.5. The molecule has 0 aromatic carbocycles. The summed E-state index contributed by atoms with van der Waals surface area (Å²) in [6.07, 6.45) is 2.90. The van der Waals surface area contributed by atoms with E-state index in [0.29, 0.717) is 19.1 Å². The van der Waals surface area contributed by atoms with Gasteiger partial charge in [-0.05, 0) is 25.7 Å². The van der Waals surface area contributed by atoms with Crippen molar-refractivity contribution in [2.24, 2.45) is 17.1 Å². The van der Waals surface area contributed by atoms with Crippen LogP contribution in [-0.2, 0) is 9.53 Å². The van der Waals surface area contributed by atoms with Crippen LogP contribution in [0.2, 0.25) is 0 Å². The predicted molar refractivity (Wildman–Crippen MR) is 68.6 cm³/mol. The fraction of sp³-hybridized carbons (Fsp3) is 0.923. The lowest BCUT2D eigenvalue weighted by molar-refractivity contribution is -0.130. The molecule has 0 heterocycles. The Bertz CT molecular complexity index is 256. The van der Waals surface area contributed by atoms with Gasteiger partial charge in [0.1, 0.15) is 0 Å². The molecule has 1 aliphatic carbocycles. The van der Waals surface area contributed by atoms with Crippen LogP contribution in [0.15, 0.2) is 0 Å². The molecule has 4 heteroatoms. The van der Waals surface area contributed by atoms with E-state index in [-0.39, 0.29) is 17.4 Å². The van der Waals surface area contributed by atoms with E-state index < -0.39 is 0 Å². The molecule has 1 aliphatic rings. The zero-order chi connectivity index (χ0) is 12.9. The highest BCUT2D eigenvalue weighted by molar-refractivity contribution is 5.83. The van der Waals surface area contributed by atoms with Gasteiger partial charge >= 0.3 is 0 Å². The Hall–Kier alpha value is -0.610. The van der Waals surface area contributed by atoms with Gasteiger partial charge < -0.3 is 15.8 Å². The highest BCUT2D eigenvalue weighted by Crippen LogP contribution is 2.36. The minimum atomic E-state index is -0.377. The first-order valence-corrected chi connectivity index (χ1v) is 6.58. The standard InChI is InChI=1S/C13H26N2O2/c1-10(2)9-17-8-7-15-12(16)13(3)6-4-5-11(13)14/h10-11H,4-9,14H2,1-3H3,(H,15,16). The number of carbonyl (C=O) groups is 1. The van der Waals surface area contributed by atoms with Gasteiger partial charge in [-0.2, -0.15) is 0 Å². The third kappa shape index (κ3) is 3.96. The molecule has 1 amide bonds. The number of nitrogens with one attached hydrogen (secondary N) is 1. The highest BCUT2D eigenvalue weighted by Gasteiger charge is 2.42. The molecule has 100 valence electrons. The summed E-state index contributed by atoms with van der Waals surface area (Å²) in [7, 11) is 0. The molecule has 0 aliphatic heterocycles. The summed E-state index contributed by atoms with van der Waals surface area (Å²) in [6, 6.07) is -0.000850. The second-order valence-corrected chi connectivity index (χ2v) is 5.64. The molecule has 2 unspecified atom stereocenters. The van der Waals surface area contributed by atoms with Gasteiger partial charge in [0.2, 0.25) is 5.91 Å². The van der Waals surface area contributed by atoms with E-state index >= 15 is 0 Å². The molecule has 0 bridgehead atoms. The minimum Gasteiger partial charge on any atom is -0.379 e. The van der Waals surface area contributed by atoms with Crippen LogP contribution < -0.4 is 11.1 Å². The van der Waals surface area contributed by atoms with E-state index in [0.717, 1.165) is 25.9 Å². The molecule has 1 saturated carbocycles.